The number of ether oxygens (including phenoxy) is 2. The molecule has 0 aromatic rings. The highest BCUT2D eigenvalue weighted by Crippen LogP contribution is 2.06. The number of nitrogens with one attached hydrogen (secondary N) is 1. The molecular formula is C12H24ClNO4. The van der Waals surface area contributed by atoms with Crippen molar-refractivity contribution in [1.29, 1.82) is 0 Å². The maximum absolute atomic E-state index is 11.1. The number of amides is 1. The summed E-state index contributed by atoms with van der Waals surface area (Å²) in [5.41, 5.74) is -1.25. The maximum atomic E-state index is 11.1. The zero-order valence-electron chi connectivity index (χ0n) is 12.0. The van der Waals surface area contributed by atoms with E-state index >= 15 is 0 Å². The lowest BCUT2D eigenvalue weighted by molar-refractivity contribution is -0.144. The van der Waals surface area contributed by atoms with Crippen LogP contribution in [0.2, 0.25) is 0 Å². The fourth-order valence-corrected chi connectivity index (χ4v) is 0.826. The Hall–Kier alpha value is -0.970. The average molecular weight is 282 g/mol. The zero-order chi connectivity index (χ0) is 14.8. The number of alkyl carbamates (subject to hydrolysis) is 1. The van der Waals surface area contributed by atoms with Gasteiger partial charge >= 0.3 is 12.1 Å². The van der Waals surface area contributed by atoms with Crippen LogP contribution in [-0.4, -0.2) is 29.8 Å². The molecule has 0 bridgehead atoms. The molecule has 5 nitrogen and oxygen atoms in total. The number of alkyl halides is 1. The standard InChI is InChI=1S/C10H18ClNO4.C2H6/c1-5-7(11)15-8(13)6-12-9(14)16-10(2,3)4;1-2/h7H,5-6H2,1-4H3,(H,12,14);1-2H3. The van der Waals surface area contributed by atoms with E-state index in [1.54, 1.807) is 27.7 Å². The van der Waals surface area contributed by atoms with Crippen molar-refractivity contribution in [2.75, 3.05) is 6.54 Å². The van der Waals surface area contributed by atoms with Crippen LogP contribution in [0.4, 0.5) is 4.79 Å². The molecule has 0 aromatic carbocycles. The molecule has 18 heavy (non-hydrogen) atoms. The Morgan fingerprint density at radius 1 is 1.28 bits per heavy atom. The van der Waals surface area contributed by atoms with Crippen LogP contribution in [0.1, 0.15) is 48.0 Å². The number of hydrogen-bond donors (Lipinski definition) is 1. The molecule has 1 amide bonds. The van der Waals surface area contributed by atoms with Gasteiger partial charge in [0.25, 0.3) is 0 Å². The molecule has 0 rings (SSSR count). The third-order valence-corrected chi connectivity index (χ3v) is 1.75. The van der Waals surface area contributed by atoms with Gasteiger partial charge in [-0.1, -0.05) is 32.4 Å². The first-order valence-electron chi connectivity index (χ1n) is 6.05. The fourth-order valence-electron chi connectivity index (χ4n) is 0.726. The van der Waals surface area contributed by atoms with Crippen molar-refractivity contribution >= 4 is 23.7 Å². The first-order chi connectivity index (χ1) is 8.24. The van der Waals surface area contributed by atoms with Crippen molar-refractivity contribution in [3.8, 4) is 0 Å². The van der Waals surface area contributed by atoms with Crippen LogP contribution < -0.4 is 5.32 Å². The molecule has 0 spiro atoms. The van der Waals surface area contributed by atoms with E-state index in [1.807, 2.05) is 13.8 Å². The number of carbonyl (C=O) groups excluding carboxylic acids is 2. The minimum atomic E-state index is -0.660. The van der Waals surface area contributed by atoms with Crippen LogP contribution >= 0.6 is 11.6 Å². The van der Waals surface area contributed by atoms with Crippen LogP contribution in [0, 0.1) is 0 Å². The second kappa shape index (κ2) is 10.00. The number of rotatable bonds is 4. The molecular weight excluding hydrogens is 258 g/mol. The summed E-state index contributed by atoms with van der Waals surface area (Å²) in [7, 11) is 0. The predicted octanol–water partition coefficient (Wildman–Crippen LogP) is 3.06. The predicted molar refractivity (Wildman–Crippen MR) is 71.6 cm³/mol. The Bertz CT molecular complexity index is 251. The van der Waals surface area contributed by atoms with E-state index in [0.717, 1.165) is 0 Å². The van der Waals surface area contributed by atoms with Crippen molar-refractivity contribution < 1.29 is 19.1 Å². The first-order valence-corrected chi connectivity index (χ1v) is 6.48. The van der Waals surface area contributed by atoms with Gasteiger partial charge < -0.3 is 14.8 Å². The molecule has 0 aromatic heterocycles. The van der Waals surface area contributed by atoms with Gasteiger partial charge in [-0.25, -0.2) is 4.79 Å². The molecule has 0 radical (unpaired) electrons. The third kappa shape index (κ3) is 13.1. The Balaban J connectivity index is 0. The highest BCUT2D eigenvalue weighted by atomic mass is 35.5. The molecule has 0 aliphatic carbocycles. The Kier molecular flexibility index (Phi) is 10.8. The van der Waals surface area contributed by atoms with Crippen LogP contribution in [0.25, 0.3) is 0 Å². The lowest BCUT2D eigenvalue weighted by Gasteiger charge is -2.19. The van der Waals surface area contributed by atoms with Crippen molar-refractivity contribution in [1.82, 2.24) is 5.32 Å². The first kappa shape index (κ1) is 19.4. The quantitative estimate of drug-likeness (QED) is 0.635. The highest BCUT2D eigenvalue weighted by Gasteiger charge is 2.17. The molecule has 6 heteroatoms. The molecule has 108 valence electrons. The zero-order valence-corrected chi connectivity index (χ0v) is 12.8. The van der Waals surface area contributed by atoms with E-state index < -0.39 is 23.2 Å². The van der Waals surface area contributed by atoms with Gasteiger partial charge in [0.05, 0.1) is 0 Å². The van der Waals surface area contributed by atoms with Crippen LogP contribution in [0.3, 0.4) is 0 Å². The average Bonchev–Trinajstić information content (AvgIpc) is 2.26. The number of hydrogen-bond acceptors (Lipinski definition) is 4. The van der Waals surface area contributed by atoms with Gasteiger partial charge in [0.15, 0.2) is 5.56 Å². The summed E-state index contributed by atoms with van der Waals surface area (Å²) < 4.78 is 9.66. The largest absolute Gasteiger partial charge is 0.445 e. The SMILES string of the molecule is CC.CCC(Cl)OC(=O)CNC(=O)OC(C)(C)C. The number of carbonyl (C=O) groups is 2. The molecule has 0 saturated heterocycles. The Morgan fingerprint density at radius 2 is 1.78 bits per heavy atom. The minimum absolute atomic E-state index is 0.252. The van der Waals surface area contributed by atoms with E-state index in [9.17, 15) is 9.59 Å². The van der Waals surface area contributed by atoms with Crippen LogP contribution in [-0.2, 0) is 14.3 Å². The summed E-state index contributed by atoms with van der Waals surface area (Å²) in [6.07, 6.45) is -0.146. The fraction of sp³-hybridized carbons (Fsp3) is 0.833. The van der Waals surface area contributed by atoms with Crippen LogP contribution in [0.5, 0.6) is 0 Å². The van der Waals surface area contributed by atoms with Gasteiger partial charge in [-0.2, -0.15) is 0 Å². The Labute approximate surface area is 114 Å². The van der Waals surface area contributed by atoms with Gasteiger partial charge in [0.1, 0.15) is 12.1 Å². The molecule has 0 saturated carbocycles. The Morgan fingerprint density at radius 3 is 2.17 bits per heavy atom. The van der Waals surface area contributed by atoms with Crippen molar-refractivity contribution in [2.24, 2.45) is 0 Å². The summed E-state index contributed by atoms with van der Waals surface area (Å²) >= 11 is 5.59. The number of halogens is 1. The second-order valence-corrected chi connectivity index (χ2v) is 4.65. The summed E-state index contributed by atoms with van der Waals surface area (Å²) in [6, 6.07) is 0. The van der Waals surface area contributed by atoms with E-state index in [-0.39, 0.29) is 6.54 Å². The van der Waals surface area contributed by atoms with Gasteiger partial charge in [-0.3, -0.25) is 4.79 Å². The number of esters is 1. The maximum Gasteiger partial charge on any atom is 0.408 e. The van der Waals surface area contributed by atoms with E-state index in [4.69, 9.17) is 21.1 Å². The summed E-state index contributed by atoms with van der Waals surface area (Å²) in [5, 5.41) is 2.27. The lowest BCUT2D eigenvalue weighted by atomic mass is 10.2. The third-order valence-electron chi connectivity index (χ3n) is 1.36. The monoisotopic (exact) mass is 281 g/mol. The molecule has 0 heterocycles. The lowest BCUT2D eigenvalue weighted by Crippen LogP contribution is -2.36. The van der Waals surface area contributed by atoms with Gasteiger partial charge in [-0.05, 0) is 27.2 Å². The normalized spacial score (nSPS) is 11.7. The van der Waals surface area contributed by atoms with Gasteiger partial charge in [-0.15, -0.1) is 0 Å². The smallest absolute Gasteiger partial charge is 0.408 e. The minimum Gasteiger partial charge on any atom is -0.445 e. The van der Waals surface area contributed by atoms with Crippen molar-refractivity contribution in [3.63, 3.8) is 0 Å². The molecule has 0 aliphatic rings. The molecule has 0 fully saturated rings. The molecule has 1 N–H and O–H groups in total. The van der Waals surface area contributed by atoms with E-state index in [1.165, 1.54) is 0 Å². The molecule has 0 aliphatic heterocycles. The van der Waals surface area contributed by atoms with Crippen molar-refractivity contribution in [3.05, 3.63) is 0 Å². The van der Waals surface area contributed by atoms with E-state index in [0.29, 0.717) is 6.42 Å². The summed E-state index contributed by atoms with van der Waals surface area (Å²) in [4.78, 5) is 22.2. The van der Waals surface area contributed by atoms with E-state index in [2.05, 4.69) is 5.32 Å². The molecule has 1 unspecified atom stereocenters. The second-order valence-electron chi connectivity index (χ2n) is 4.16. The topological polar surface area (TPSA) is 64.6 Å². The van der Waals surface area contributed by atoms with Crippen molar-refractivity contribution in [2.45, 2.75) is 59.1 Å². The van der Waals surface area contributed by atoms with Gasteiger partial charge in [0, 0.05) is 0 Å². The summed E-state index contributed by atoms with van der Waals surface area (Å²) in [5.74, 6) is -0.590. The molecule has 1 atom stereocenters. The van der Waals surface area contributed by atoms with Crippen LogP contribution in [0.15, 0.2) is 0 Å². The highest BCUT2D eigenvalue weighted by molar-refractivity contribution is 6.20. The summed E-state index contributed by atoms with van der Waals surface area (Å²) in [6.45, 7) is 10.7. The van der Waals surface area contributed by atoms with Gasteiger partial charge in [0.2, 0.25) is 0 Å².